The lowest BCUT2D eigenvalue weighted by molar-refractivity contribution is -0.132. The molecule has 3 nitrogen and oxygen atoms in total. The van der Waals surface area contributed by atoms with Crippen LogP contribution in [0.25, 0.3) is 0 Å². The Hall–Kier alpha value is -2.29. The van der Waals surface area contributed by atoms with Crippen molar-refractivity contribution in [2.24, 2.45) is 0 Å². The van der Waals surface area contributed by atoms with E-state index < -0.39 is 0 Å². The Morgan fingerprint density at radius 3 is 2.59 bits per heavy atom. The van der Waals surface area contributed by atoms with E-state index in [1.54, 1.807) is 0 Å². The van der Waals surface area contributed by atoms with Crippen LogP contribution in [0.1, 0.15) is 30.4 Å². The Morgan fingerprint density at radius 1 is 1.14 bits per heavy atom. The molecule has 2 aromatic rings. The van der Waals surface area contributed by atoms with Crippen LogP contribution in [0.3, 0.4) is 0 Å². The Kier molecular flexibility index (Phi) is 4.14. The summed E-state index contributed by atoms with van der Waals surface area (Å²) in [6.07, 6.45) is 0.842. The molecule has 0 fully saturated rings. The molecule has 1 amide bonds. The smallest absolute Gasteiger partial charge is 0.230 e. The molecular weight excluding hydrogens is 272 g/mol. The highest BCUT2D eigenvalue weighted by Gasteiger charge is 2.31. The number of para-hydroxylation sites is 1. The van der Waals surface area contributed by atoms with Gasteiger partial charge in [-0.3, -0.25) is 4.79 Å². The number of anilines is 1. The van der Waals surface area contributed by atoms with Crippen molar-refractivity contribution in [3.05, 3.63) is 65.7 Å². The average Bonchev–Trinajstić information content (AvgIpc) is 2.54. The third kappa shape index (κ3) is 2.98. The molecule has 0 aliphatic carbocycles. The number of hydrogen-bond acceptors (Lipinski definition) is 2. The maximum atomic E-state index is 12.9. The minimum Gasteiger partial charge on any atom is -0.382 e. The van der Waals surface area contributed by atoms with Crippen LogP contribution < -0.4 is 5.32 Å². The molecule has 114 valence electrons. The fraction of sp³-hybridized carbons (Fsp3) is 0.316. The van der Waals surface area contributed by atoms with E-state index in [4.69, 9.17) is 0 Å². The highest BCUT2D eigenvalue weighted by Crippen LogP contribution is 2.35. The van der Waals surface area contributed by atoms with Gasteiger partial charge in [0.05, 0.1) is 5.92 Å². The van der Waals surface area contributed by atoms with Crippen molar-refractivity contribution in [2.45, 2.75) is 31.8 Å². The number of benzene rings is 2. The van der Waals surface area contributed by atoms with Gasteiger partial charge in [-0.25, -0.2) is 0 Å². The van der Waals surface area contributed by atoms with Gasteiger partial charge in [0.15, 0.2) is 0 Å². The van der Waals surface area contributed by atoms with Gasteiger partial charge in [0, 0.05) is 25.3 Å². The first-order valence-corrected chi connectivity index (χ1v) is 7.79. The van der Waals surface area contributed by atoms with E-state index in [0.717, 1.165) is 23.2 Å². The summed E-state index contributed by atoms with van der Waals surface area (Å²) in [6, 6.07) is 18.6. The maximum absolute atomic E-state index is 12.9. The van der Waals surface area contributed by atoms with Gasteiger partial charge in [0.25, 0.3) is 0 Å². The number of carbonyl (C=O) groups excluding carboxylic acids is 1. The van der Waals surface area contributed by atoms with Crippen molar-refractivity contribution >= 4 is 11.6 Å². The molecule has 2 atom stereocenters. The van der Waals surface area contributed by atoms with Gasteiger partial charge in [-0.05, 0) is 30.5 Å². The summed E-state index contributed by atoms with van der Waals surface area (Å²) >= 11 is 0. The molecule has 0 spiro atoms. The molecule has 1 heterocycles. The van der Waals surface area contributed by atoms with Crippen LogP contribution in [0.15, 0.2) is 54.6 Å². The number of rotatable bonds is 3. The van der Waals surface area contributed by atoms with E-state index in [1.165, 1.54) is 0 Å². The largest absolute Gasteiger partial charge is 0.382 e. The molecule has 1 N–H and O–H groups in total. The molecule has 0 bridgehead atoms. The molecule has 0 saturated carbocycles. The van der Waals surface area contributed by atoms with Crippen LogP contribution in [0.4, 0.5) is 5.69 Å². The second-order valence-electron chi connectivity index (χ2n) is 6.10. The molecule has 0 radical (unpaired) electrons. The number of fused-ring (bicyclic) bond motifs is 1. The predicted molar refractivity (Wildman–Crippen MR) is 89.8 cm³/mol. The Morgan fingerprint density at radius 2 is 1.82 bits per heavy atom. The lowest BCUT2D eigenvalue weighted by Crippen LogP contribution is -2.36. The second-order valence-corrected chi connectivity index (χ2v) is 6.10. The van der Waals surface area contributed by atoms with Gasteiger partial charge in [0.1, 0.15) is 0 Å². The van der Waals surface area contributed by atoms with E-state index in [9.17, 15) is 4.79 Å². The molecule has 2 aromatic carbocycles. The monoisotopic (exact) mass is 294 g/mol. The van der Waals surface area contributed by atoms with E-state index in [-0.39, 0.29) is 11.8 Å². The zero-order chi connectivity index (χ0) is 15.5. The normalized spacial score (nSPS) is 19.9. The number of nitrogens with one attached hydrogen (secondary N) is 1. The van der Waals surface area contributed by atoms with Gasteiger partial charge >= 0.3 is 0 Å². The quantitative estimate of drug-likeness (QED) is 0.937. The van der Waals surface area contributed by atoms with Gasteiger partial charge in [-0.1, -0.05) is 48.5 Å². The van der Waals surface area contributed by atoms with E-state index in [1.807, 2.05) is 42.3 Å². The first kappa shape index (κ1) is 14.6. The lowest BCUT2D eigenvalue weighted by Gasteiger charge is -2.33. The van der Waals surface area contributed by atoms with E-state index >= 15 is 0 Å². The highest BCUT2D eigenvalue weighted by atomic mass is 16.2. The van der Waals surface area contributed by atoms with Crippen LogP contribution in [-0.2, 0) is 11.3 Å². The van der Waals surface area contributed by atoms with Crippen LogP contribution in [0.5, 0.6) is 0 Å². The summed E-state index contributed by atoms with van der Waals surface area (Å²) in [6.45, 7) is 2.79. The van der Waals surface area contributed by atoms with Crippen molar-refractivity contribution < 1.29 is 4.79 Å². The van der Waals surface area contributed by atoms with Crippen molar-refractivity contribution in [3.63, 3.8) is 0 Å². The zero-order valence-corrected chi connectivity index (χ0v) is 13.1. The van der Waals surface area contributed by atoms with Crippen molar-refractivity contribution in [2.75, 3.05) is 12.4 Å². The fourth-order valence-corrected chi connectivity index (χ4v) is 3.17. The van der Waals surface area contributed by atoms with Gasteiger partial charge in [0.2, 0.25) is 5.91 Å². The van der Waals surface area contributed by atoms with E-state index in [0.29, 0.717) is 12.6 Å². The first-order chi connectivity index (χ1) is 10.6. The number of carbonyl (C=O) groups is 1. The number of nitrogens with zero attached hydrogens (tertiary/aromatic N) is 1. The molecule has 2 unspecified atom stereocenters. The maximum Gasteiger partial charge on any atom is 0.230 e. The third-order valence-electron chi connectivity index (χ3n) is 4.26. The third-order valence-corrected chi connectivity index (χ3v) is 4.26. The van der Waals surface area contributed by atoms with E-state index in [2.05, 4.69) is 36.5 Å². The standard InChI is InChI=1S/C19H22N2O/c1-14-12-17(16-10-6-7-11-18(16)20-14)19(22)21(2)13-15-8-4-3-5-9-15/h3-11,14,17,20H,12-13H2,1-2H3. The van der Waals surface area contributed by atoms with Crippen LogP contribution >= 0.6 is 0 Å². The van der Waals surface area contributed by atoms with Crippen molar-refractivity contribution in [3.8, 4) is 0 Å². The Bertz CT molecular complexity index is 653. The average molecular weight is 294 g/mol. The van der Waals surface area contributed by atoms with Crippen LogP contribution in [0.2, 0.25) is 0 Å². The first-order valence-electron chi connectivity index (χ1n) is 7.79. The number of likely N-dealkylation sites (N-methyl/N-ethyl adjacent to an activating group) is 1. The molecule has 3 heteroatoms. The molecular formula is C19H22N2O. The summed E-state index contributed by atoms with van der Waals surface area (Å²) in [7, 11) is 1.89. The zero-order valence-electron chi connectivity index (χ0n) is 13.1. The minimum atomic E-state index is -0.0545. The summed E-state index contributed by atoms with van der Waals surface area (Å²) in [4.78, 5) is 14.8. The SMILES string of the molecule is CC1CC(C(=O)N(C)Cc2ccccc2)c2ccccc2N1. The lowest BCUT2D eigenvalue weighted by atomic mass is 9.86. The van der Waals surface area contributed by atoms with Gasteiger partial charge in [-0.2, -0.15) is 0 Å². The van der Waals surface area contributed by atoms with Crippen LogP contribution in [-0.4, -0.2) is 23.9 Å². The summed E-state index contributed by atoms with van der Waals surface area (Å²) < 4.78 is 0. The predicted octanol–water partition coefficient (Wildman–Crippen LogP) is 3.63. The Balaban J connectivity index is 1.80. The topological polar surface area (TPSA) is 32.3 Å². The molecule has 0 saturated heterocycles. The molecule has 22 heavy (non-hydrogen) atoms. The van der Waals surface area contributed by atoms with Gasteiger partial charge < -0.3 is 10.2 Å². The molecule has 1 aliphatic rings. The molecule has 1 aliphatic heterocycles. The van der Waals surface area contributed by atoms with Crippen LogP contribution in [0, 0.1) is 0 Å². The number of hydrogen-bond donors (Lipinski definition) is 1. The molecule has 3 rings (SSSR count). The fourth-order valence-electron chi connectivity index (χ4n) is 3.17. The second kappa shape index (κ2) is 6.22. The number of amides is 1. The summed E-state index contributed by atoms with van der Waals surface area (Å²) in [5.41, 5.74) is 3.37. The highest BCUT2D eigenvalue weighted by molar-refractivity contribution is 5.86. The van der Waals surface area contributed by atoms with Crippen molar-refractivity contribution in [1.82, 2.24) is 4.90 Å². The summed E-state index contributed by atoms with van der Waals surface area (Å²) in [5, 5.41) is 3.46. The minimum absolute atomic E-state index is 0.0545. The Labute approximate surface area is 132 Å². The van der Waals surface area contributed by atoms with Gasteiger partial charge in [-0.15, -0.1) is 0 Å². The van der Waals surface area contributed by atoms with Crippen molar-refractivity contribution in [1.29, 1.82) is 0 Å². The summed E-state index contributed by atoms with van der Waals surface area (Å²) in [5.74, 6) is 0.144. The molecule has 0 aromatic heterocycles.